The first-order chi connectivity index (χ1) is 16.5. The number of hydrogen-bond donors (Lipinski definition) is 0. The van der Waals surface area contributed by atoms with E-state index >= 15 is 0 Å². The fourth-order valence-corrected chi connectivity index (χ4v) is 3.74. The quantitative estimate of drug-likeness (QED) is 0.576. The Morgan fingerprint density at radius 1 is 0.824 bits per heavy atom. The maximum absolute atomic E-state index is 13.5. The highest BCUT2D eigenvalue weighted by Crippen LogP contribution is 2.19. The van der Waals surface area contributed by atoms with Crippen molar-refractivity contribution in [2.24, 2.45) is 0 Å². The van der Waals surface area contributed by atoms with Gasteiger partial charge in [0.05, 0.1) is 11.6 Å². The number of piperazine rings is 1. The molecule has 0 N–H and O–H groups in total. The van der Waals surface area contributed by atoms with Crippen LogP contribution in [0.15, 0.2) is 66.7 Å². The molecule has 1 aliphatic heterocycles. The standard InChI is InChI=1S/C26H21F2N3O3/c27-23-9-8-19(15-24(23)28)26(33)31-12-10-30(11-13-31)25(32)18-6-3-7-22(14-18)34-17-21-5-2-1-4-20(21)16-29/h1-9,14-15H,10-13,17H2. The van der Waals surface area contributed by atoms with Crippen molar-refractivity contribution in [2.45, 2.75) is 6.61 Å². The molecule has 3 aromatic rings. The highest BCUT2D eigenvalue weighted by Gasteiger charge is 2.26. The van der Waals surface area contributed by atoms with Gasteiger partial charge in [0.25, 0.3) is 11.8 Å². The van der Waals surface area contributed by atoms with E-state index in [0.717, 1.165) is 17.7 Å². The van der Waals surface area contributed by atoms with Gasteiger partial charge in [-0.25, -0.2) is 8.78 Å². The average Bonchev–Trinajstić information content (AvgIpc) is 2.88. The molecular weight excluding hydrogens is 440 g/mol. The zero-order valence-electron chi connectivity index (χ0n) is 18.2. The van der Waals surface area contributed by atoms with E-state index < -0.39 is 17.5 Å². The summed E-state index contributed by atoms with van der Waals surface area (Å²) in [5.41, 5.74) is 1.81. The van der Waals surface area contributed by atoms with Gasteiger partial charge in [0, 0.05) is 42.9 Å². The Morgan fingerprint density at radius 2 is 1.47 bits per heavy atom. The zero-order chi connectivity index (χ0) is 24.1. The van der Waals surface area contributed by atoms with Gasteiger partial charge in [0.1, 0.15) is 12.4 Å². The number of amides is 2. The van der Waals surface area contributed by atoms with Crippen LogP contribution in [0.25, 0.3) is 0 Å². The lowest BCUT2D eigenvalue weighted by atomic mass is 10.1. The van der Waals surface area contributed by atoms with Crippen molar-refractivity contribution in [3.63, 3.8) is 0 Å². The summed E-state index contributed by atoms with van der Waals surface area (Å²) in [5.74, 6) is -2.17. The van der Waals surface area contributed by atoms with Crippen LogP contribution in [-0.4, -0.2) is 47.8 Å². The summed E-state index contributed by atoms with van der Waals surface area (Å²) < 4.78 is 32.4. The Morgan fingerprint density at radius 3 is 2.12 bits per heavy atom. The third kappa shape index (κ3) is 5.04. The van der Waals surface area contributed by atoms with Crippen LogP contribution in [0.4, 0.5) is 8.78 Å². The number of rotatable bonds is 5. The number of carbonyl (C=O) groups excluding carboxylic acids is 2. The molecular formula is C26H21F2N3O3. The summed E-state index contributed by atoms with van der Waals surface area (Å²) >= 11 is 0. The first-order valence-electron chi connectivity index (χ1n) is 10.7. The Kier molecular flexibility index (Phi) is 6.83. The minimum atomic E-state index is -1.07. The monoisotopic (exact) mass is 461 g/mol. The van der Waals surface area contributed by atoms with Gasteiger partial charge in [-0.3, -0.25) is 9.59 Å². The van der Waals surface area contributed by atoms with Crippen molar-refractivity contribution >= 4 is 11.8 Å². The maximum atomic E-state index is 13.5. The van der Waals surface area contributed by atoms with E-state index in [4.69, 9.17) is 4.74 Å². The van der Waals surface area contributed by atoms with Crippen LogP contribution >= 0.6 is 0 Å². The van der Waals surface area contributed by atoms with Gasteiger partial charge < -0.3 is 14.5 Å². The van der Waals surface area contributed by atoms with E-state index in [1.165, 1.54) is 11.0 Å². The molecule has 1 aliphatic rings. The second kappa shape index (κ2) is 10.1. The molecule has 2 amide bonds. The number of ether oxygens (including phenoxy) is 1. The van der Waals surface area contributed by atoms with Crippen molar-refractivity contribution < 1.29 is 23.1 Å². The molecule has 0 aromatic heterocycles. The van der Waals surface area contributed by atoms with E-state index in [1.807, 2.05) is 12.1 Å². The number of halogens is 2. The van der Waals surface area contributed by atoms with E-state index in [2.05, 4.69) is 6.07 Å². The molecule has 0 radical (unpaired) electrons. The number of carbonyl (C=O) groups is 2. The Labute approximate surface area is 195 Å². The van der Waals surface area contributed by atoms with E-state index in [-0.39, 0.29) is 31.2 Å². The first-order valence-corrected chi connectivity index (χ1v) is 10.7. The predicted molar refractivity (Wildman–Crippen MR) is 120 cm³/mol. The van der Waals surface area contributed by atoms with Gasteiger partial charge in [-0.1, -0.05) is 24.3 Å². The van der Waals surface area contributed by atoms with Gasteiger partial charge >= 0.3 is 0 Å². The van der Waals surface area contributed by atoms with Gasteiger partial charge in [-0.2, -0.15) is 5.26 Å². The molecule has 0 saturated carbocycles. The number of nitrogens with zero attached hydrogens (tertiary/aromatic N) is 3. The lowest BCUT2D eigenvalue weighted by Crippen LogP contribution is -2.50. The lowest BCUT2D eigenvalue weighted by molar-refractivity contribution is 0.0535. The molecule has 0 atom stereocenters. The van der Waals surface area contributed by atoms with E-state index in [1.54, 1.807) is 41.3 Å². The predicted octanol–water partition coefficient (Wildman–Crippen LogP) is 4.01. The average molecular weight is 461 g/mol. The van der Waals surface area contributed by atoms with E-state index in [0.29, 0.717) is 30.0 Å². The summed E-state index contributed by atoms with van der Waals surface area (Å²) in [5, 5.41) is 9.21. The van der Waals surface area contributed by atoms with Crippen molar-refractivity contribution in [3.05, 3.63) is 101 Å². The topological polar surface area (TPSA) is 73.6 Å². The third-order valence-corrected chi connectivity index (χ3v) is 5.63. The fourth-order valence-electron chi connectivity index (χ4n) is 3.74. The van der Waals surface area contributed by atoms with Crippen LogP contribution in [0.2, 0.25) is 0 Å². The van der Waals surface area contributed by atoms with Crippen LogP contribution in [0.3, 0.4) is 0 Å². The highest BCUT2D eigenvalue weighted by molar-refractivity contribution is 5.96. The summed E-state index contributed by atoms with van der Waals surface area (Å²) in [7, 11) is 0. The van der Waals surface area contributed by atoms with Gasteiger partial charge in [0.15, 0.2) is 11.6 Å². The van der Waals surface area contributed by atoms with Crippen LogP contribution in [0.5, 0.6) is 5.75 Å². The van der Waals surface area contributed by atoms with Crippen molar-refractivity contribution in [2.75, 3.05) is 26.2 Å². The molecule has 1 saturated heterocycles. The fraction of sp³-hybridized carbons (Fsp3) is 0.192. The molecule has 34 heavy (non-hydrogen) atoms. The van der Waals surface area contributed by atoms with Crippen LogP contribution in [0, 0.1) is 23.0 Å². The van der Waals surface area contributed by atoms with Crippen molar-refractivity contribution in [3.8, 4) is 11.8 Å². The Bertz CT molecular complexity index is 1260. The zero-order valence-corrected chi connectivity index (χ0v) is 18.2. The van der Waals surface area contributed by atoms with Crippen molar-refractivity contribution in [1.82, 2.24) is 9.80 Å². The molecule has 3 aromatic carbocycles. The molecule has 0 bridgehead atoms. The highest BCUT2D eigenvalue weighted by atomic mass is 19.2. The second-order valence-electron chi connectivity index (χ2n) is 7.80. The molecule has 0 spiro atoms. The summed E-state index contributed by atoms with van der Waals surface area (Å²) in [6.45, 7) is 1.39. The minimum Gasteiger partial charge on any atom is -0.489 e. The SMILES string of the molecule is N#Cc1ccccc1COc1cccc(C(=O)N2CCN(C(=O)c3ccc(F)c(F)c3)CC2)c1. The van der Waals surface area contributed by atoms with Gasteiger partial charge in [-0.05, 0) is 42.5 Å². The van der Waals surface area contributed by atoms with Gasteiger partial charge in [0.2, 0.25) is 0 Å². The first kappa shape index (κ1) is 22.9. The van der Waals surface area contributed by atoms with E-state index in [9.17, 15) is 23.6 Å². The Balaban J connectivity index is 1.36. The second-order valence-corrected chi connectivity index (χ2v) is 7.80. The molecule has 1 fully saturated rings. The minimum absolute atomic E-state index is 0.0708. The molecule has 0 aliphatic carbocycles. The summed E-state index contributed by atoms with van der Waals surface area (Å²) in [6.07, 6.45) is 0. The van der Waals surface area contributed by atoms with Crippen LogP contribution in [-0.2, 0) is 6.61 Å². The van der Waals surface area contributed by atoms with Gasteiger partial charge in [-0.15, -0.1) is 0 Å². The number of nitriles is 1. The molecule has 6 nitrogen and oxygen atoms in total. The normalized spacial score (nSPS) is 13.3. The molecule has 0 unspecified atom stereocenters. The van der Waals surface area contributed by atoms with Crippen LogP contribution in [0.1, 0.15) is 31.8 Å². The van der Waals surface area contributed by atoms with Crippen LogP contribution < -0.4 is 4.74 Å². The largest absolute Gasteiger partial charge is 0.489 e. The summed E-state index contributed by atoms with van der Waals surface area (Å²) in [4.78, 5) is 28.7. The number of benzene rings is 3. The number of hydrogen-bond acceptors (Lipinski definition) is 4. The molecule has 1 heterocycles. The smallest absolute Gasteiger partial charge is 0.254 e. The third-order valence-electron chi connectivity index (χ3n) is 5.63. The van der Waals surface area contributed by atoms with Crippen molar-refractivity contribution in [1.29, 1.82) is 5.26 Å². The lowest BCUT2D eigenvalue weighted by Gasteiger charge is -2.35. The molecule has 172 valence electrons. The molecule has 8 heteroatoms. The Hall–Kier alpha value is -4.25. The maximum Gasteiger partial charge on any atom is 0.254 e. The summed E-state index contributed by atoms with van der Waals surface area (Å²) in [6, 6.07) is 19.1. The molecule has 4 rings (SSSR count).